The number of anilines is 2. The molecule has 3 amide bonds. The number of rotatable bonds is 14. The molecule has 7 rings (SSSR count). The molecule has 4 N–H and O–H groups in total. The van der Waals surface area contributed by atoms with Crippen molar-refractivity contribution < 1.29 is 41.4 Å². The third kappa shape index (κ3) is 8.98. The number of carbonyl (C=O) groups is 3. The second-order valence-corrected chi connectivity index (χ2v) is 16.1. The smallest absolute Gasteiger partial charge is 0.416 e. The van der Waals surface area contributed by atoms with Crippen LogP contribution in [0.25, 0.3) is 10.9 Å². The lowest BCUT2D eigenvalue weighted by Crippen LogP contribution is -2.52. The van der Waals surface area contributed by atoms with E-state index in [2.05, 4.69) is 20.5 Å². The zero-order valence-corrected chi connectivity index (χ0v) is 34.3. The van der Waals surface area contributed by atoms with Crippen LogP contribution in [0.1, 0.15) is 114 Å². The van der Waals surface area contributed by atoms with Crippen LogP contribution in [0.4, 0.5) is 29.1 Å². The van der Waals surface area contributed by atoms with E-state index in [0.29, 0.717) is 51.6 Å². The van der Waals surface area contributed by atoms with Gasteiger partial charge in [-0.15, -0.1) is 0 Å². The van der Waals surface area contributed by atoms with Gasteiger partial charge in [0.15, 0.2) is 11.5 Å². The Morgan fingerprint density at radius 1 is 0.967 bits per heavy atom. The highest BCUT2D eigenvalue weighted by atomic mass is 19.4. The molecule has 3 aromatic carbocycles. The zero-order chi connectivity index (χ0) is 42.9. The third-order valence-electron chi connectivity index (χ3n) is 12.0. The van der Waals surface area contributed by atoms with Crippen LogP contribution in [0.15, 0.2) is 36.4 Å². The van der Waals surface area contributed by atoms with Crippen LogP contribution in [0.2, 0.25) is 0 Å². The van der Waals surface area contributed by atoms with Gasteiger partial charge in [0.25, 0.3) is 5.91 Å². The van der Waals surface area contributed by atoms with E-state index in [-0.39, 0.29) is 42.8 Å². The molecule has 60 heavy (non-hydrogen) atoms. The number of imide groups is 1. The lowest BCUT2D eigenvalue weighted by Gasteiger charge is -2.33. The second-order valence-electron chi connectivity index (χ2n) is 16.1. The predicted octanol–water partition coefficient (Wildman–Crippen LogP) is 7.61. The predicted molar refractivity (Wildman–Crippen MR) is 218 cm³/mol. The van der Waals surface area contributed by atoms with Crippen molar-refractivity contribution in [3.05, 3.63) is 81.4 Å². The lowest BCUT2D eigenvalue weighted by atomic mass is 9.85. The number of benzene rings is 3. The quantitative estimate of drug-likeness (QED) is 0.0501. The van der Waals surface area contributed by atoms with E-state index >= 15 is 0 Å². The van der Waals surface area contributed by atoms with Crippen LogP contribution in [-0.2, 0) is 28.7 Å². The summed E-state index contributed by atoms with van der Waals surface area (Å²) in [6.07, 6.45) is 1.99. The highest BCUT2D eigenvalue weighted by molar-refractivity contribution is 6.05. The Labute approximate surface area is 346 Å². The van der Waals surface area contributed by atoms with Gasteiger partial charge in [-0.05, 0) is 131 Å². The number of fused-ring (bicyclic) bond motifs is 2. The van der Waals surface area contributed by atoms with Crippen LogP contribution < -0.4 is 25.8 Å². The summed E-state index contributed by atoms with van der Waals surface area (Å²) in [5, 5.41) is 6.27. The third-order valence-corrected chi connectivity index (χ3v) is 12.0. The van der Waals surface area contributed by atoms with Crippen molar-refractivity contribution in [3.8, 4) is 11.5 Å². The molecule has 3 aliphatic rings. The molecule has 2 fully saturated rings. The number of alkyl halides is 3. The molecule has 1 unspecified atom stereocenters. The van der Waals surface area contributed by atoms with Crippen molar-refractivity contribution in [1.29, 1.82) is 0 Å². The van der Waals surface area contributed by atoms with E-state index in [9.17, 15) is 31.9 Å². The second kappa shape index (κ2) is 17.6. The first-order chi connectivity index (χ1) is 28.6. The summed E-state index contributed by atoms with van der Waals surface area (Å²) >= 11 is 0. The van der Waals surface area contributed by atoms with Gasteiger partial charge in [0.2, 0.25) is 11.8 Å². The first-order valence-electron chi connectivity index (χ1n) is 20.5. The number of hydrogen-bond acceptors (Lipinski definition) is 10. The SMILES string of the molecule is COc1cc2c(N[C@H](C)c3cc(N)cc(C(F)(F)F)c3)nc(C)nc2c(CCCCCCN2CCC(c3cc(F)cc4c3CN(C3CCC(=O)NC3=O)C4=O)CC2)c1OC. The Morgan fingerprint density at radius 2 is 1.72 bits per heavy atom. The number of amides is 3. The van der Waals surface area contributed by atoms with Gasteiger partial charge in [0.05, 0.1) is 31.3 Å². The molecule has 12 nitrogen and oxygen atoms in total. The van der Waals surface area contributed by atoms with Gasteiger partial charge in [0, 0.05) is 35.2 Å². The molecule has 0 spiro atoms. The van der Waals surface area contributed by atoms with Gasteiger partial charge in [-0.25, -0.2) is 14.4 Å². The number of hydrogen-bond donors (Lipinski definition) is 3. The lowest BCUT2D eigenvalue weighted by molar-refractivity contribution is -0.138. The number of nitrogens with zero attached hydrogens (tertiary/aromatic N) is 4. The van der Waals surface area contributed by atoms with E-state index in [1.54, 1.807) is 40.2 Å². The van der Waals surface area contributed by atoms with Crippen molar-refractivity contribution in [2.24, 2.45) is 0 Å². The fourth-order valence-electron chi connectivity index (χ4n) is 8.97. The Bertz CT molecular complexity index is 2300. The van der Waals surface area contributed by atoms with E-state index < -0.39 is 35.5 Å². The molecule has 0 bridgehead atoms. The van der Waals surface area contributed by atoms with Gasteiger partial charge in [-0.1, -0.05) is 12.8 Å². The molecule has 0 radical (unpaired) electrons. The molecule has 320 valence electrons. The molecule has 4 heterocycles. The fraction of sp³-hybridized carbons (Fsp3) is 0.477. The maximum atomic E-state index is 14.9. The summed E-state index contributed by atoms with van der Waals surface area (Å²) in [7, 11) is 3.14. The largest absolute Gasteiger partial charge is 0.493 e. The summed E-state index contributed by atoms with van der Waals surface area (Å²) in [4.78, 5) is 50.9. The standard InChI is InChI=1S/C44H51F4N7O5/c1-24(27-17-28(44(46,47)48)19-30(49)18-27)50-41-34-22-37(59-3)40(60-4)31(39(34)51-25(2)52-41)9-7-5-6-8-14-54-15-12-26(13-16-54)32-20-29(45)21-33-35(32)23-55(43(33)58)36-10-11-38(56)53-42(36)57/h17-22,24,26,36H,5-16,23,49H2,1-4H3,(H,50,51,52)(H,53,56,57)/t24-,36?/m1/s1. The molecule has 4 aromatic rings. The molecule has 2 saturated heterocycles. The minimum atomic E-state index is -4.54. The summed E-state index contributed by atoms with van der Waals surface area (Å²) in [5.74, 6) is 0.452. The van der Waals surface area contributed by atoms with Gasteiger partial charge in [0.1, 0.15) is 23.5 Å². The average Bonchev–Trinajstić information content (AvgIpc) is 3.53. The van der Waals surface area contributed by atoms with Gasteiger partial charge in [-0.3, -0.25) is 19.7 Å². The maximum absolute atomic E-state index is 14.9. The highest BCUT2D eigenvalue weighted by Gasteiger charge is 2.41. The Balaban J connectivity index is 0.950. The summed E-state index contributed by atoms with van der Waals surface area (Å²) in [5.41, 5.74) is 8.90. The zero-order valence-electron chi connectivity index (χ0n) is 34.3. The van der Waals surface area contributed by atoms with E-state index in [1.807, 2.05) is 0 Å². The van der Waals surface area contributed by atoms with Crippen molar-refractivity contribution in [2.75, 3.05) is 44.9 Å². The van der Waals surface area contributed by atoms with Gasteiger partial charge >= 0.3 is 6.18 Å². The van der Waals surface area contributed by atoms with E-state index in [4.69, 9.17) is 20.2 Å². The molecule has 16 heteroatoms. The van der Waals surface area contributed by atoms with Crippen LogP contribution in [-0.4, -0.2) is 77.4 Å². The Morgan fingerprint density at radius 3 is 2.42 bits per heavy atom. The topological polar surface area (TPSA) is 152 Å². The first-order valence-corrected chi connectivity index (χ1v) is 20.5. The molecule has 0 saturated carbocycles. The first kappa shape index (κ1) is 42.6. The number of nitrogens with one attached hydrogen (secondary N) is 2. The number of carbonyl (C=O) groups excluding carboxylic acids is 3. The number of aryl methyl sites for hydroxylation is 2. The number of piperidine rings is 2. The number of ether oxygens (including phenoxy) is 2. The summed E-state index contributed by atoms with van der Waals surface area (Å²) < 4.78 is 67.2. The van der Waals surface area contributed by atoms with Crippen LogP contribution in [0, 0.1) is 12.7 Å². The summed E-state index contributed by atoms with van der Waals surface area (Å²) in [6, 6.07) is 6.81. The normalized spacial score (nSPS) is 18.2. The number of nitrogen functional groups attached to an aromatic ring is 1. The monoisotopic (exact) mass is 833 g/mol. The molecule has 0 aliphatic carbocycles. The highest BCUT2D eigenvalue weighted by Crippen LogP contribution is 2.42. The minimum absolute atomic E-state index is 0.0153. The number of likely N-dealkylation sites (tertiary alicyclic amines) is 1. The molecular weight excluding hydrogens is 783 g/mol. The van der Waals surface area contributed by atoms with Gasteiger partial charge < -0.3 is 30.3 Å². The molecule has 2 atom stereocenters. The Hall–Kier alpha value is -5.51. The van der Waals surface area contributed by atoms with E-state index in [1.165, 1.54) is 17.0 Å². The van der Waals surface area contributed by atoms with Crippen molar-refractivity contribution in [1.82, 2.24) is 25.1 Å². The van der Waals surface area contributed by atoms with Crippen LogP contribution in [0.5, 0.6) is 11.5 Å². The minimum Gasteiger partial charge on any atom is -0.493 e. The fourth-order valence-corrected chi connectivity index (χ4v) is 8.97. The molecule has 1 aromatic heterocycles. The van der Waals surface area contributed by atoms with E-state index in [0.717, 1.165) is 87.0 Å². The van der Waals surface area contributed by atoms with Crippen molar-refractivity contribution in [3.63, 3.8) is 0 Å². The molecule has 3 aliphatic heterocycles. The van der Waals surface area contributed by atoms with Gasteiger partial charge in [-0.2, -0.15) is 13.2 Å². The molecular formula is C44H51F4N7O5. The van der Waals surface area contributed by atoms with Crippen LogP contribution in [0.3, 0.4) is 0 Å². The van der Waals surface area contributed by atoms with Crippen molar-refractivity contribution in [2.45, 2.75) is 102 Å². The number of methoxy groups -OCH3 is 2. The van der Waals surface area contributed by atoms with Crippen molar-refractivity contribution >= 4 is 40.1 Å². The number of unbranched alkanes of at least 4 members (excludes halogenated alkanes) is 3. The number of halogens is 4. The van der Waals surface area contributed by atoms with Crippen LogP contribution >= 0.6 is 0 Å². The average molecular weight is 834 g/mol. The maximum Gasteiger partial charge on any atom is 0.416 e. The number of aromatic nitrogens is 2. The number of nitrogens with two attached hydrogens (primary N) is 1. The Kier molecular flexibility index (Phi) is 12.5. The summed E-state index contributed by atoms with van der Waals surface area (Å²) in [6.45, 7) is 6.38.